The van der Waals surface area contributed by atoms with Crippen LogP contribution in [-0.2, 0) is 11.8 Å². The van der Waals surface area contributed by atoms with Crippen LogP contribution in [0.3, 0.4) is 0 Å². The first-order valence-corrected chi connectivity index (χ1v) is 6.55. The van der Waals surface area contributed by atoms with E-state index in [1.165, 1.54) is 0 Å². The Labute approximate surface area is 117 Å². The highest BCUT2D eigenvalue weighted by molar-refractivity contribution is 5.83. The van der Waals surface area contributed by atoms with Crippen LogP contribution in [0.15, 0.2) is 30.5 Å². The van der Waals surface area contributed by atoms with E-state index in [2.05, 4.69) is 15.3 Å². The summed E-state index contributed by atoms with van der Waals surface area (Å²) in [6.45, 7) is 1.94. The number of benzene rings is 1. The average Bonchev–Trinajstić information content (AvgIpc) is 2.79. The van der Waals surface area contributed by atoms with Crippen LogP contribution in [0.1, 0.15) is 0 Å². The summed E-state index contributed by atoms with van der Waals surface area (Å²) >= 11 is 0. The van der Waals surface area contributed by atoms with Crippen molar-refractivity contribution < 1.29 is 4.79 Å². The maximum absolute atomic E-state index is 11.4. The van der Waals surface area contributed by atoms with Gasteiger partial charge in [0.15, 0.2) is 0 Å². The number of hydrogen-bond donors (Lipinski definition) is 2. The molecule has 0 bridgehead atoms. The zero-order chi connectivity index (χ0) is 14.1. The van der Waals surface area contributed by atoms with E-state index in [9.17, 15) is 4.79 Å². The number of nitrogens with one attached hydrogen (secondary N) is 1. The predicted octanol–water partition coefficient (Wildman–Crippen LogP) is 0.605. The fraction of sp³-hybridized carbons (Fsp3) is 0.286. The Hall–Kier alpha value is -2.50. The summed E-state index contributed by atoms with van der Waals surface area (Å²) in [5.41, 5.74) is 8.97. The molecular formula is C14H17N5O. The number of carbonyl (C=O) groups is 1. The molecule has 1 aliphatic rings. The van der Waals surface area contributed by atoms with Crippen LogP contribution in [0.25, 0.3) is 11.1 Å². The standard InChI is InChI=1S/C14H17N5O/c1-18-14(15)12(8-17-18)10-2-4-11(5-3-10)19-7-6-16-13(20)9-19/h2-5,8H,6-7,9,15H2,1H3,(H,16,20). The zero-order valence-corrected chi connectivity index (χ0v) is 11.3. The van der Waals surface area contributed by atoms with E-state index in [4.69, 9.17) is 5.73 Å². The molecule has 6 heteroatoms. The Kier molecular flexibility index (Phi) is 3.06. The lowest BCUT2D eigenvalue weighted by Crippen LogP contribution is -2.47. The molecule has 0 spiro atoms. The van der Waals surface area contributed by atoms with Gasteiger partial charge in [0, 0.05) is 31.4 Å². The lowest BCUT2D eigenvalue weighted by atomic mass is 10.1. The van der Waals surface area contributed by atoms with Crippen LogP contribution < -0.4 is 16.0 Å². The number of nitrogen functional groups attached to an aromatic ring is 1. The van der Waals surface area contributed by atoms with Crippen LogP contribution in [0.2, 0.25) is 0 Å². The van der Waals surface area contributed by atoms with Gasteiger partial charge in [0.1, 0.15) is 5.82 Å². The molecule has 1 amide bonds. The van der Waals surface area contributed by atoms with Gasteiger partial charge in [0.05, 0.1) is 12.7 Å². The third-order valence-electron chi connectivity index (χ3n) is 3.57. The quantitative estimate of drug-likeness (QED) is 0.839. The van der Waals surface area contributed by atoms with E-state index < -0.39 is 0 Å². The van der Waals surface area contributed by atoms with Crippen molar-refractivity contribution in [3.63, 3.8) is 0 Å². The van der Waals surface area contributed by atoms with E-state index in [1.807, 2.05) is 31.3 Å². The molecule has 1 fully saturated rings. The van der Waals surface area contributed by atoms with Crippen molar-refractivity contribution in [2.24, 2.45) is 7.05 Å². The van der Waals surface area contributed by atoms with Gasteiger partial charge in [0.2, 0.25) is 5.91 Å². The molecule has 104 valence electrons. The molecule has 3 N–H and O–H groups in total. The van der Waals surface area contributed by atoms with E-state index in [1.54, 1.807) is 10.9 Å². The number of nitrogens with two attached hydrogens (primary N) is 1. The third-order valence-corrected chi connectivity index (χ3v) is 3.57. The Balaban J connectivity index is 1.84. The normalized spacial score (nSPS) is 15.2. The molecule has 1 saturated heterocycles. The number of rotatable bonds is 2. The minimum absolute atomic E-state index is 0.0665. The van der Waals surface area contributed by atoms with E-state index in [-0.39, 0.29) is 5.91 Å². The minimum Gasteiger partial charge on any atom is -0.383 e. The van der Waals surface area contributed by atoms with Crippen molar-refractivity contribution in [1.29, 1.82) is 0 Å². The Bertz CT molecular complexity index is 632. The molecule has 3 rings (SSSR count). The van der Waals surface area contributed by atoms with Crippen molar-refractivity contribution in [1.82, 2.24) is 15.1 Å². The van der Waals surface area contributed by atoms with Crippen molar-refractivity contribution in [2.45, 2.75) is 0 Å². The Morgan fingerprint density at radius 3 is 2.65 bits per heavy atom. The van der Waals surface area contributed by atoms with Crippen molar-refractivity contribution in [3.8, 4) is 11.1 Å². The monoisotopic (exact) mass is 271 g/mol. The first-order chi connectivity index (χ1) is 9.65. The topological polar surface area (TPSA) is 76.2 Å². The molecule has 6 nitrogen and oxygen atoms in total. The molecule has 0 aliphatic carbocycles. The van der Waals surface area contributed by atoms with Crippen LogP contribution in [0.5, 0.6) is 0 Å². The van der Waals surface area contributed by atoms with Crippen molar-refractivity contribution >= 4 is 17.4 Å². The molecule has 1 aliphatic heterocycles. The van der Waals surface area contributed by atoms with E-state index >= 15 is 0 Å². The van der Waals surface area contributed by atoms with Gasteiger partial charge in [-0.15, -0.1) is 0 Å². The lowest BCUT2D eigenvalue weighted by molar-refractivity contribution is -0.120. The summed E-state index contributed by atoms with van der Waals surface area (Å²) in [5, 5.41) is 6.96. The first-order valence-electron chi connectivity index (χ1n) is 6.55. The molecular weight excluding hydrogens is 254 g/mol. The molecule has 0 saturated carbocycles. The van der Waals surface area contributed by atoms with Crippen LogP contribution in [-0.4, -0.2) is 35.3 Å². The van der Waals surface area contributed by atoms with Gasteiger partial charge >= 0.3 is 0 Å². The third kappa shape index (κ3) is 2.20. The van der Waals surface area contributed by atoms with E-state index in [0.717, 1.165) is 23.4 Å². The average molecular weight is 271 g/mol. The minimum atomic E-state index is 0.0665. The Morgan fingerprint density at radius 1 is 1.30 bits per heavy atom. The van der Waals surface area contributed by atoms with Gasteiger partial charge in [-0.2, -0.15) is 5.10 Å². The number of piperazine rings is 1. The van der Waals surface area contributed by atoms with Crippen LogP contribution in [0.4, 0.5) is 11.5 Å². The molecule has 1 aromatic carbocycles. The maximum Gasteiger partial charge on any atom is 0.239 e. The van der Waals surface area contributed by atoms with Gasteiger partial charge in [-0.1, -0.05) is 12.1 Å². The number of anilines is 2. The fourth-order valence-corrected chi connectivity index (χ4v) is 2.38. The molecule has 0 radical (unpaired) electrons. The molecule has 0 unspecified atom stereocenters. The highest BCUT2D eigenvalue weighted by Gasteiger charge is 2.16. The summed E-state index contributed by atoms with van der Waals surface area (Å²) in [4.78, 5) is 13.5. The Morgan fingerprint density at radius 2 is 2.05 bits per heavy atom. The summed E-state index contributed by atoms with van der Waals surface area (Å²) in [6, 6.07) is 8.05. The van der Waals surface area contributed by atoms with Gasteiger partial charge in [-0.05, 0) is 17.7 Å². The summed E-state index contributed by atoms with van der Waals surface area (Å²) in [7, 11) is 1.82. The maximum atomic E-state index is 11.4. The SMILES string of the molecule is Cn1ncc(-c2ccc(N3CCNC(=O)C3)cc2)c1N. The number of amides is 1. The number of nitrogens with zero attached hydrogens (tertiary/aromatic N) is 3. The van der Waals surface area contributed by atoms with Crippen LogP contribution >= 0.6 is 0 Å². The van der Waals surface area contributed by atoms with Gasteiger partial charge < -0.3 is 16.0 Å². The second kappa shape index (κ2) is 4.88. The number of hydrogen-bond acceptors (Lipinski definition) is 4. The fourth-order valence-electron chi connectivity index (χ4n) is 2.38. The second-order valence-electron chi connectivity index (χ2n) is 4.89. The van der Waals surface area contributed by atoms with Crippen molar-refractivity contribution in [2.75, 3.05) is 30.3 Å². The molecule has 1 aromatic heterocycles. The highest BCUT2D eigenvalue weighted by atomic mass is 16.2. The predicted molar refractivity (Wildman–Crippen MR) is 78.3 cm³/mol. The van der Waals surface area contributed by atoms with Crippen molar-refractivity contribution in [3.05, 3.63) is 30.5 Å². The zero-order valence-electron chi connectivity index (χ0n) is 11.3. The smallest absolute Gasteiger partial charge is 0.239 e. The largest absolute Gasteiger partial charge is 0.383 e. The highest BCUT2D eigenvalue weighted by Crippen LogP contribution is 2.27. The van der Waals surface area contributed by atoms with Gasteiger partial charge in [-0.25, -0.2) is 0 Å². The number of carbonyl (C=O) groups excluding carboxylic acids is 1. The summed E-state index contributed by atoms with van der Waals surface area (Å²) in [5.74, 6) is 0.715. The second-order valence-corrected chi connectivity index (χ2v) is 4.89. The van der Waals surface area contributed by atoms with Crippen LogP contribution in [0, 0.1) is 0 Å². The summed E-state index contributed by atoms with van der Waals surface area (Å²) < 4.78 is 1.65. The van der Waals surface area contributed by atoms with Gasteiger partial charge in [0.25, 0.3) is 0 Å². The first kappa shape index (κ1) is 12.5. The molecule has 2 heterocycles. The number of aryl methyl sites for hydroxylation is 1. The van der Waals surface area contributed by atoms with Gasteiger partial charge in [-0.3, -0.25) is 9.48 Å². The number of aromatic nitrogens is 2. The lowest BCUT2D eigenvalue weighted by Gasteiger charge is -2.28. The summed E-state index contributed by atoms with van der Waals surface area (Å²) in [6.07, 6.45) is 1.76. The molecule has 0 atom stereocenters. The van der Waals surface area contributed by atoms with E-state index in [0.29, 0.717) is 18.9 Å². The molecule has 20 heavy (non-hydrogen) atoms. The molecule has 2 aromatic rings.